The molecule has 0 aromatic carbocycles. The van der Waals surface area contributed by atoms with Gasteiger partial charge in [-0.3, -0.25) is 19.2 Å². The Kier molecular flexibility index (Phi) is 34.4. The Morgan fingerprint density at radius 3 is 1.33 bits per heavy atom. The molecule has 0 bridgehead atoms. The first kappa shape index (κ1) is 55.9. The van der Waals surface area contributed by atoms with Gasteiger partial charge in [-0.05, 0) is 35.8 Å². The lowest BCUT2D eigenvalue weighted by molar-refractivity contribution is -0.133. The summed E-state index contributed by atoms with van der Waals surface area (Å²) in [5.41, 5.74) is 0.380. The van der Waals surface area contributed by atoms with Gasteiger partial charge in [-0.25, -0.2) is 0 Å². The fourth-order valence-electron chi connectivity index (χ4n) is 4.57. The minimum Gasteiger partial charge on any atom is -0.379 e. The highest BCUT2D eigenvalue weighted by Crippen LogP contribution is 2.20. The van der Waals surface area contributed by atoms with Crippen LogP contribution >= 0.6 is 11.8 Å². The van der Waals surface area contributed by atoms with E-state index in [1.165, 1.54) is 0 Å². The summed E-state index contributed by atoms with van der Waals surface area (Å²) in [6, 6.07) is -1.49. The van der Waals surface area contributed by atoms with Crippen LogP contribution in [0.3, 0.4) is 0 Å². The largest absolute Gasteiger partial charge is 0.379 e. The third-order valence-corrected chi connectivity index (χ3v) is 9.41. The molecule has 0 spiro atoms. The van der Waals surface area contributed by atoms with Crippen LogP contribution in [0.1, 0.15) is 81.6 Å². The average Bonchev–Trinajstić information content (AvgIpc) is 3.14. The Morgan fingerprint density at radius 1 is 0.483 bits per heavy atom. The van der Waals surface area contributed by atoms with Gasteiger partial charge in [-0.1, -0.05) is 55.4 Å². The van der Waals surface area contributed by atoms with Crippen molar-refractivity contribution in [3.63, 3.8) is 0 Å². The maximum absolute atomic E-state index is 12.9. The molecule has 0 saturated heterocycles. The Hall–Kier alpha value is -2.09. The van der Waals surface area contributed by atoms with Crippen molar-refractivity contribution >= 4 is 35.4 Å². The predicted octanol–water partition coefficient (Wildman–Crippen LogP) is 2.99. The van der Waals surface area contributed by atoms with Gasteiger partial charge in [-0.15, -0.1) is 0 Å². The zero-order valence-electron chi connectivity index (χ0n) is 37.3. The number of hydrogen-bond acceptors (Lipinski definition) is 13. The van der Waals surface area contributed by atoms with Crippen LogP contribution in [0.15, 0.2) is 0 Å². The third-order valence-electron chi connectivity index (χ3n) is 7.85. The lowest BCUT2D eigenvalue weighted by atomic mass is 9.90. The third kappa shape index (κ3) is 38.1. The molecule has 0 aliphatic heterocycles. The van der Waals surface area contributed by atoms with E-state index in [1.807, 2.05) is 13.8 Å². The van der Waals surface area contributed by atoms with Crippen LogP contribution in [-0.2, 0) is 57.1 Å². The van der Waals surface area contributed by atoms with Crippen molar-refractivity contribution < 1.29 is 57.1 Å². The summed E-state index contributed by atoms with van der Waals surface area (Å²) in [7, 11) is 0. The van der Waals surface area contributed by atoms with Crippen LogP contribution in [-0.4, -0.2) is 166 Å². The second-order valence-electron chi connectivity index (χ2n) is 16.5. The monoisotopic (exact) mass is 853 g/mol. The lowest BCUT2D eigenvalue weighted by Gasteiger charge is -2.24. The Balaban J connectivity index is 3.59. The summed E-state index contributed by atoms with van der Waals surface area (Å²) in [5.74, 6) is 0.720. The van der Waals surface area contributed by atoms with Gasteiger partial charge in [0.05, 0.1) is 106 Å². The van der Waals surface area contributed by atoms with Crippen molar-refractivity contribution in [2.24, 2.45) is 16.7 Å². The zero-order valence-corrected chi connectivity index (χ0v) is 38.1. The molecule has 17 heteroatoms. The first-order valence-corrected chi connectivity index (χ1v) is 22.0. The number of rotatable bonds is 38. The molecule has 0 heterocycles. The second-order valence-corrected chi connectivity index (χ2v) is 17.6. The maximum atomic E-state index is 12.9. The van der Waals surface area contributed by atoms with Gasteiger partial charge >= 0.3 is 0 Å². The Bertz CT molecular complexity index is 1060. The molecule has 0 rings (SSSR count). The van der Waals surface area contributed by atoms with Gasteiger partial charge in [0.1, 0.15) is 12.1 Å². The SMILES string of the molecule is CC(C)[C@H](NC(=O)CCOCCOCCOCCOCCOCCOCCOCCOCCNC(=O)CCC(C)(C)C)C(=O)N[C@@H](C)C(=O)NCCSCC(C)(C)C. The highest BCUT2D eigenvalue weighted by Gasteiger charge is 2.27. The summed E-state index contributed by atoms with van der Waals surface area (Å²) in [6.45, 7) is 26.0. The molecule has 0 aromatic rings. The Labute approximate surface area is 353 Å². The maximum Gasteiger partial charge on any atom is 0.243 e. The minimum absolute atomic E-state index is 0.0573. The molecule has 342 valence electrons. The molecule has 0 unspecified atom stereocenters. The van der Waals surface area contributed by atoms with Crippen molar-refractivity contribution in [3.8, 4) is 0 Å². The molecular weight excluding hydrogens is 773 g/mol. The average molecular weight is 853 g/mol. The summed E-state index contributed by atoms with van der Waals surface area (Å²) < 4.78 is 43.9. The number of nitrogens with one attached hydrogen (secondary N) is 4. The molecule has 0 aromatic heterocycles. The van der Waals surface area contributed by atoms with E-state index in [1.54, 1.807) is 18.7 Å². The summed E-state index contributed by atoms with van der Waals surface area (Å²) in [6.07, 6.45) is 1.48. The molecule has 0 aliphatic carbocycles. The van der Waals surface area contributed by atoms with E-state index in [-0.39, 0.29) is 47.5 Å². The molecule has 4 amide bonds. The topological polar surface area (TPSA) is 190 Å². The van der Waals surface area contributed by atoms with Gasteiger partial charge in [0.25, 0.3) is 0 Å². The minimum atomic E-state index is -0.768. The van der Waals surface area contributed by atoms with E-state index >= 15 is 0 Å². The highest BCUT2D eigenvalue weighted by molar-refractivity contribution is 7.99. The molecule has 4 N–H and O–H groups in total. The van der Waals surface area contributed by atoms with Gasteiger partial charge in [0, 0.05) is 31.7 Å². The predicted molar refractivity (Wildman–Crippen MR) is 227 cm³/mol. The van der Waals surface area contributed by atoms with Crippen molar-refractivity contribution in [2.45, 2.75) is 93.7 Å². The molecular formula is C41H80N4O12S. The van der Waals surface area contributed by atoms with Gasteiger partial charge in [0.2, 0.25) is 23.6 Å². The number of thioether (sulfide) groups is 1. The van der Waals surface area contributed by atoms with E-state index in [0.29, 0.717) is 119 Å². The van der Waals surface area contributed by atoms with Crippen molar-refractivity contribution in [3.05, 3.63) is 0 Å². The smallest absolute Gasteiger partial charge is 0.243 e. The molecule has 0 radical (unpaired) electrons. The van der Waals surface area contributed by atoms with Gasteiger partial charge in [0.15, 0.2) is 0 Å². The van der Waals surface area contributed by atoms with E-state index in [0.717, 1.165) is 17.9 Å². The van der Waals surface area contributed by atoms with Crippen molar-refractivity contribution in [1.82, 2.24) is 21.3 Å². The van der Waals surface area contributed by atoms with E-state index in [9.17, 15) is 19.2 Å². The molecule has 16 nitrogen and oxygen atoms in total. The first-order chi connectivity index (χ1) is 27.5. The zero-order chi connectivity index (χ0) is 43.5. The molecule has 0 aliphatic rings. The van der Waals surface area contributed by atoms with Crippen LogP contribution < -0.4 is 21.3 Å². The summed E-state index contributed by atoms with van der Waals surface area (Å²) >= 11 is 1.78. The summed E-state index contributed by atoms with van der Waals surface area (Å²) in [5, 5.41) is 11.2. The second kappa shape index (κ2) is 35.6. The lowest BCUT2D eigenvalue weighted by Crippen LogP contribution is -2.54. The van der Waals surface area contributed by atoms with E-state index in [4.69, 9.17) is 37.9 Å². The van der Waals surface area contributed by atoms with Crippen molar-refractivity contribution in [1.29, 1.82) is 0 Å². The number of ether oxygens (including phenoxy) is 8. The molecule has 0 saturated carbocycles. The van der Waals surface area contributed by atoms with Crippen LogP contribution in [0.25, 0.3) is 0 Å². The first-order valence-electron chi connectivity index (χ1n) is 20.9. The Morgan fingerprint density at radius 2 is 0.914 bits per heavy atom. The van der Waals surface area contributed by atoms with Gasteiger partial charge < -0.3 is 59.2 Å². The van der Waals surface area contributed by atoms with Crippen molar-refractivity contribution in [2.75, 3.05) is 130 Å². The fraction of sp³-hybridized carbons (Fsp3) is 0.902. The highest BCUT2D eigenvalue weighted by atomic mass is 32.2. The summed E-state index contributed by atoms with van der Waals surface area (Å²) in [4.78, 5) is 49.5. The standard InChI is InChI=1S/C41H80N4O12S/c1-33(2)37(39(49)44-34(3)38(48)43-14-31-58-32-41(7,8)9)45-36(47)11-15-50-17-19-52-21-23-54-25-27-56-29-30-57-28-26-55-24-22-53-20-18-51-16-13-42-35(46)10-12-40(4,5)6/h33-34,37H,10-32H2,1-9H3,(H,42,46)(H,43,48)(H,44,49)(H,45,47)/t34-,37-/m0/s1. The van der Waals surface area contributed by atoms with Crippen LogP contribution in [0, 0.1) is 16.7 Å². The molecule has 2 atom stereocenters. The van der Waals surface area contributed by atoms with E-state index in [2.05, 4.69) is 62.8 Å². The molecule has 0 fully saturated rings. The number of amides is 4. The van der Waals surface area contributed by atoms with Crippen LogP contribution in [0.5, 0.6) is 0 Å². The van der Waals surface area contributed by atoms with E-state index < -0.39 is 18.0 Å². The van der Waals surface area contributed by atoms with Gasteiger partial charge in [-0.2, -0.15) is 11.8 Å². The quantitative estimate of drug-likeness (QED) is 0.0665. The van der Waals surface area contributed by atoms with Crippen LogP contribution in [0.4, 0.5) is 0 Å². The fourth-order valence-corrected chi connectivity index (χ4v) is 5.58. The number of carbonyl (C=O) groups is 4. The number of carbonyl (C=O) groups excluding carboxylic acids is 4. The number of hydrogen-bond donors (Lipinski definition) is 4. The normalized spacial score (nSPS) is 13.0. The molecule has 58 heavy (non-hydrogen) atoms. The van der Waals surface area contributed by atoms with Crippen LogP contribution in [0.2, 0.25) is 0 Å².